The Labute approximate surface area is 189 Å². The summed E-state index contributed by atoms with van der Waals surface area (Å²) in [7, 11) is 0. The molecule has 1 N–H and O–H groups in total. The van der Waals surface area contributed by atoms with Crippen LogP contribution in [0.3, 0.4) is 0 Å². The van der Waals surface area contributed by atoms with Crippen molar-refractivity contribution in [3.63, 3.8) is 0 Å². The van der Waals surface area contributed by atoms with Crippen molar-refractivity contribution >= 4 is 17.8 Å². The fraction of sp³-hybridized carbons (Fsp3) is 0.130. The van der Waals surface area contributed by atoms with E-state index in [1.807, 2.05) is 50.2 Å². The third kappa shape index (κ3) is 4.62. The number of non-ortho nitro benzene ring substituents is 1. The van der Waals surface area contributed by atoms with Gasteiger partial charge in [0.2, 0.25) is 11.6 Å². The summed E-state index contributed by atoms with van der Waals surface area (Å²) in [6.45, 7) is 3.83. The molecule has 0 unspecified atom stereocenters. The molecule has 0 spiro atoms. The molecular formula is C23H19N7O3. The first-order valence-corrected chi connectivity index (χ1v) is 10.1. The number of nitrogens with one attached hydrogen (secondary N) is 1. The average Bonchev–Trinajstić information content (AvgIpc) is 3.44. The lowest BCUT2D eigenvalue weighted by molar-refractivity contribution is -0.384. The third-order valence-corrected chi connectivity index (χ3v) is 4.73. The standard InChI is InChI=1S/C23H19N7O3/c1-15(2)22-26-20(12-24)23(33-22)27-25-13-17-14-29(18-8-10-19(11-9-18)30(31)32)28-21(17)16-6-4-3-5-7-16/h3-11,13-15,27H,1-2H3. The fourth-order valence-electron chi connectivity index (χ4n) is 3.06. The summed E-state index contributed by atoms with van der Waals surface area (Å²) in [6, 6.07) is 17.7. The van der Waals surface area contributed by atoms with Crippen LogP contribution in [0.15, 0.2) is 70.3 Å². The van der Waals surface area contributed by atoms with E-state index in [1.54, 1.807) is 29.2 Å². The van der Waals surface area contributed by atoms with Gasteiger partial charge in [-0.2, -0.15) is 15.5 Å². The molecule has 0 aliphatic rings. The molecule has 0 aliphatic carbocycles. The highest BCUT2D eigenvalue weighted by molar-refractivity contribution is 5.89. The predicted octanol–water partition coefficient (Wildman–Crippen LogP) is 4.88. The van der Waals surface area contributed by atoms with Crippen molar-refractivity contribution in [2.24, 2.45) is 5.10 Å². The Kier molecular flexibility index (Phi) is 5.95. The second kappa shape index (κ2) is 9.15. The third-order valence-electron chi connectivity index (χ3n) is 4.73. The molecule has 4 rings (SSSR count). The molecule has 0 fully saturated rings. The maximum absolute atomic E-state index is 10.9. The normalized spacial score (nSPS) is 11.1. The van der Waals surface area contributed by atoms with E-state index >= 15 is 0 Å². The van der Waals surface area contributed by atoms with Gasteiger partial charge in [-0.25, -0.2) is 15.1 Å². The van der Waals surface area contributed by atoms with Crippen molar-refractivity contribution in [3.8, 4) is 23.0 Å². The van der Waals surface area contributed by atoms with Crippen molar-refractivity contribution in [1.29, 1.82) is 5.26 Å². The largest absolute Gasteiger partial charge is 0.422 e. The Hall–Kier alpha value is -4.78. The highest BCUT2D eigenvalue weighted by Gasteiger charge is 2.15. The zero-order chi connectivity index (χ0) is 23.4. The van der Waals surface area contributed by atoms with Crippen molar-refractivity contribution < 1.29 is 9.34 Å². The van der Waals surface area contributed by atoms with Crippen LogP contribution in [0.25, 0.3) is 16.9 Å². The van der Waals surface area contributed by atoms with Crippen LogP contribution in [0.1, 0.15) is 36.9 Å². The highest BCUT2D eigenvalue weighted by Crippen LogP contribution is 2.25. The van der Waals surface area contributed by atoms with Crippen molar-refractivity contribution in [2.75, 3.05) is 5.43 Å². The minimum atomic E-state index is -0.449. The number of anilines is 1. The van der Waals surface area contributed by atoms with Crippen molar-refractivity contribution in [3.05, 3.63) is 88.1 Å². The van der Waals surface area contributed by atoms with E-state index in [0.29, 0.717) is 22.8 Å². The van der Waals surface area contributed by atoms with E-state index < -0.39 is 4.92 Å². The van der Waals surface area contributed by atoms with Gasteiger partial charge in [-0.1, -0.05) is 44.2 Å². The Balaban J connectivity index is 1.67. The van der Waals surface area contributed by atoms with E-state index in [0.717, 1.165) is 5.56 Å². The summed E-state index contributed by atoms with van der Waals surface area (Å²) in [5.74, 6) is 0.642. The smallest absolute Gasteiger partial charge is 0.269 e. The minimum Gasteiger partial charge on any atom is -0.422 e. The molecule has 2 heterocycles. The Morgan fingerprint density at radius 2 is 1.94 bits per heavy atom. The number of benzene rings is 2. The van der Waals surface area contributed by atoms with Crippen molar-refractivity contribution in [1.82, 2.24) is 14.8 Å². The number of nitriles is 1. The summed E-state index contributed by atoms with van der Waals surface area (Å²) in [4.78, 5) is 14.6. The lowest BCUT2D eigenvalue weighted by atomic mass is 10.1. The zero-order valence-electron chi connectivity index (χ0n) is 17.8. The molecule has 2 aromatic carbocycles. The van der Waals surface area contributed by atoms with E-state index in [9.17, 15) is 15.4 Å². The average molecular weight is 441 g/mol. The molecule has 10 heteroatoms. The summed E-state index contributed by atoms with van der Waals surface area (Å²) in [5.41, 5.74) is 5.76. The fourth-order valence-corrected chi connectivity index (χ4v) is 3.06. The first-order valence-electron chi connectivity index (χ1n) is 10.1. The summed E-state index contributed by atoms with van der Waals surface area (Å²) < 4.78 is 7.22. The van der Waals surface area contributed by atoms with Crippen LogP contribution in [0, 0.1) is 21.4 Å². The highest BCUT2D eigenvalue weighted by atomic mass is 16.6. The molecule has 0 radical (unpaired) electrons. The van der Waals surface area contributed by atoms with E-state index in [4.69, 9.17) is 4.42 Å². The monoisotopic (exact) mass is 441 g/mol. The zero-order valence-corrected chi connectivity index (χ0v) is 17.8. The number of oxazole rings is 1. The van der Waals surface area contributed by atoms with Crippen LogP contribution in [0.4, 0.5) is 11.6 Å². The second-order valence-corrected chi connectivity index (χ2v) is 7.38. The van der Waals surface area contributed by atoms with E-state index in [2.05, 4.69) is 20.6 Å². The molecule has 164 valence electrons. The lowest BCUT2D eigenvalue weighted by Crippen LogP contribution is -1.95. The number of nitro benzene ring substituents is 1. The van der Waals surface area contributed by atoms with Gasteiger partial charge in [0.1, 0.15) is 11.8 Å². The van der Waals surface area contributed by atoms with Crippen LogP contribution in [-0.4, -0.2) is 25.9 Å². The maximum atomic E-state index is 10.9. The number of aromatic nitrogens is 3. The van der Waals surface area contributed by atoms with Gasteiger partial charge < -0.3 is 4.42 Å². The van der Waals surface area contributed by atoms with Gasteiger partial charge in [0, 0.05) is 35.4 Å². The quantitative estimate of drug-likeness (QED) is 0.245. The summed E-state index contributed by atoms with van der Waals surface area (Å²) >= 11 is 0. The number of hydrogen-bond acceptors (Lipinski definition) is 8. The van der Waals surface area contributed by atoms with Gasteiger partial charge >= 0.3 is 0 Å². The number of nitro groups is 1. The van der Waals surface area contributed by atoms with Gasteiger partial charge in [0.15, 0.2) is 0 Å². The van der Waals surface area contributed by atoms with Crippen molar-refractivity contribution in [2.45, 2.75) is 19.8 Å². The SMILES string of the molecule is CC(C)c1nc(C#N)c(NN=Cc2cn(-c3ccc([N+](=O)[O-])cc3)nc2-c2ccccc2)o1. The number of hydrazone groups is 1. The molecule has 0 saturated carbocycles. The van der Waals surface area contributed by atoms with Gasteiger partial charge in [-0.05, 0) is 12.1 Å². The Morgan fingerprint density at radius 3 is 2.58 bits per heavy atom. The molecule has 33 heavy (non-hydrogen) atoms. The second-order valence-electron chi connectivity index (χ2n) is 7.38. The number of nitrogens with zero attached hydrogens (tertiary/aromatic N) is 6. The molecule has 0 bridgehead atoms. The topological polar surface area (TPSA) is 135 Å². The summed E-state index contributed by atoms with van der Waals surface area (Å²) in [6.07, 6.45) is 3.33. The van der Waals surface area contributed by atoms with Gasteiger partial charge in [-0.3, -0.25) is 10.1 Å². The molecule has 10 nitrogen and oxygen atoms in total. The lowest BCUT2D eigenvalue weighted by Gasteiger charge is -2.00. The minimum absolute atomic E-state index is 0.00120. The molecule has 4 aromatic rings. The van der Waals surface area contributed by atoms with Gasteiger partial charge in [0.25, 0.3) is 11.6 Å². The first kappa shape index (κ1) is 21.5. The Morgan fingerprint density at radius 1 is 1.21 bits per heavy atom. The molecule has 0 amide bonds. The Bertz CT molecular complexity index is 1350. The number of rotatable bonds is 7. The van der Waals surface area contributed by atoms with Crippen LogP contribution >= 0.6 is 0 Å². The van der Waals surface area contributed by atoms with Crippen LogP contribution < -0.4 is 5.43 Å². The van der Waals surface area contributed by atoms with Gasteiger partial charge in [0.05, 0.1) is 16.8 Å². The molecule has 0 atom stereocenters. The van der Waals surface area contributed by atoms with E-state index in [-0.39, 0.29) is 23.2 Å². The maximum Gasteiger partial charge on any atom is 0.269 e. The molecule has 0 saturated heterocycles. The first-order chi connectivity index (χ1) is 16.0. The van der Waals surface area contributed by atoms with E-state index in [1.165, 1.54) is 12.1 Å². The number of hydrogen-bond donors (Lipinski definition) is 1. The molecular weight excluding hydrogens is 422 g/mol. The van der Waals surface area contributed by atoms with Crippen LogP contribution in [0.2, 0.25) is 0 Å². The van der Waals surface area contributed by atoms with Crippen LogP contribution in [-0.2, 0) is 0 Å². The van der Waals surface area contributed by atoms with Crippen LogP contribution in [0.5, 0.6) is 0 Å². The molecule has 0 aliphatic heterocycles. The summed E-state index contributed by atoms with van der Waals surface area (Å²) in [5, 5.41) is 29.1. The van der Waals surface area contributed by atoms with Gasteiger partial charge in [-0.15, -0.1) is 0 Å². The molecule has 2 aromatic heterocycles. The predicted molar refractivity (Wildman–Crippen MR) is 122 cm³/mol.